The molecule has 1 heterocycles. The van der Waals surface area contributed by atoms with Gasteiger partial charge in [-0.1, -0.05) is 12.0 Å². The Morgan fingerprint density at radius 2 is 2.40 bits per heavy atom. The van der Waals surface area contributed by atoms with Crippen LogP contribution >= 0.6 is 11.3 Å². The second-order valence-corrected chi connectivity index (χ2v) is 4.02. The molecule has 0 atom stereocenters. The minimum absolute atomic E-state index is 0.790. The molecule has 2 aromatic rings. The van der Waals surface area contributed by atoms with Crippen molar-refractivity contribution in [1.82, 2.24) is 4.98 Å². The number of rotatable bonds is 3. The molecule has 0 amide bonds. The van der Waals surface area contributed by atoms with Gasteiger partial charge in [0.15, 0.2) is 0 Å². The van der Waals surface area contributed by atoms with Crippen LogP contribution in [0.25, 0.3) is 0 Å². The molecule has 2 rings (SSSR count). The van der Waals surface area contributed by atoms with Gasteiger partial charge in [0.1, 0.15) is 0 Å². The van der Waals surface area contributed by atoms with Gasteiger partial charge in [0.05, 0.1) is 12.1 Å². The molecule has 0 unspecified atom stereocenters. The van der Waals surface area contributed by atoms with E-state index in [0.717, 1.165) is 17.8 Å². The SMILES string of the molecule is C#Cc1cccc(NCc2cncs2)c1. The molecule has 0 saturated heterocycles. The van der Waals surface area contributed by atoms with Crippen LogP contribution in [-0.2, 0) is 6.54 Å². The van der Waals surface area contributed by atoms with Crippen LogP contribution in [-0.4, -0.2) is 4.98 Å². The van der Waals surface area contributed by atoms with Crippen molar-refractivity contribution in [3.05, 3.63) is 46.4 Å². The van der Waals surface area contributed by atoms with Gasteiger partial charge in [-0.3, -0.25) is 4.98 Å². The highest BCUT2D eigenvalue weighted by Crippen LogP contribution is 2.12. The summed E-state index contributed by atoms with van der Waals surface area (Å²) in [6.07, 6.45) is 7.19. The van der Waals surface area contributed by atoms with Crippen molar-refractivity contribution in [3.8, 4) is 12.3 Å². The number of nitrogens with zero attached hydrogens (tertiary/aromatic N) is 1. The third-order valence-corrected chi connectivity index (χ3v) is 2.76. The van der Waals surface area contributed by atoms with Crippen LogP contribution in [0.3, 0.4) is 0 Å². The summed E-state index contributed by atoms with van der Waals surface area (Å²) in [6.45, 7) is 0.790. The Kier molecular flexibility index (Phi) is 3.01. The van der Waals surface area contributed by atoms with Gasteiger partial charge in [0, 0.05) is 22.3 Å². The summed E-state index contributed by atoms with van der Waals surface area (Å²) < 4.78 is 0. The van der Waals surface area contributed by atoms with Crippen molar-refractivity contribution in [2.45, 2.75) is 6.54 Å². The Bertz CT molecular complexity index is 469. The van der Waals surface area contributed by atoms with Crippen LogP contribution in [0.1, 0.15) is 10.4 Å². The van der Waals surface area contributed by atoms with Gasteiger partial charge in [0.25, 0.3) is 0 Å². The largest absolute Gasteiger partial charge is 0.380 e. The minimum Gasteiger partial charge on any atom is -0.380 e. The van der Waals surface area contributed by atoms with Crippen LogP contribution in [0.15, 0.2) is 36.0 Å². The molecule has 74 valence electrons. The molecule has 0 radical (unpaired) electrons. The highest BCUT2D eigenvalue weighted by atomic mass is 32.1. The lowest BCUT2D eigenvalue weighted by atomic mass is 10.2. The summed E-state index contributed by atoms with van der Waals surface area (Å²) in [6, 6.07) is 7.82. The number of thiazole rings is 1. The Hall–Kier alpha value is -1.79. The fourth-order valence-corrected chi connectivity index (χ4v) is 1.77. The van der Waals surface area contributed by atoms with E-state index in [1.165, 1.54) is 4.88 Å². The maximum Gasteiger partial charge on any atom is 0.0794 e. The van der Waals surface area contributed by atoms with Gasteiger partial charge in [-0.05, 0) is 18.2 Å². The van der Waals surface area contributed by atoms with Crippen LogP contribution in [0.4, 0.5) is 5.69 Å². The Morgan fingerprint density at radius 1 is 1.47 bits per heavy atom. The monoisotopic (exact) mass is 214 g/mol. The molecule has 0 fully saturated rings. The van der Waals surface area contributed by atoms with Gasteiger partial charge < -0.3 is 5.32 Å². The van der Waals surface area contributed by atoms with E-state index in [1.807, 2.05) is 36.0 Å². The average Bonchev–Trinajstić information content (AvgIpc) is 2.79. The molecule has 2 nitrogen and oxygen atoms in total. The predicted molar refractivity (Wildman–Crippen MR) is 63.8 cm³/mol. The molecule has 1 aromatic carbocycles. The van der Waals surface area contributed by atoms with E-state index in [1.54, 1.807) is 11.3 Å². The van der Waals surface area contributed by atoms with Gasteiger partial charge in [-0.15, -0.1) is 17.8 Å². The molecule has 1 aromatic heterocycles. The molecule has 3 heteroatoms. The second kappa shape index (κ2) is 4.63. The lowest BCUT2D eigenvalue weighted by Gasteiger charge is -2.04. The van der Waals surface area contributed by atoms with Crippen LogP contribution in [0, 0.1) is 12.3 Å². The molecule has 0 aliphatic rings. The zero-order valence-electron chi connectivity index (χ0n) is 8.10. The van der Waals surface area contributed by atoms with Crippen LogP contribution in [0.5, 0.6) is 0 Å². The summed E-state index contributed by atoms with van der Waals surface area (Å²) >= 11 is 1.64. The fraction of sp³-hybridized carbons (Fsp3) is 0.0833. The zero-order chi connectivity index (χ0) is 10.5. The summed E-state index contributed by atoms with van der Waals surface area (Å²) in [5.74, 6) is 2.61. The van der Waals surface area contributed by atoms with E-state index in [-0.39, 0.29) is 0 Å². The van der Waals surface area contributed by atoms with Crippen LogP contribution in [0.2, 0.25) is 0 Å². The highest BCUT2D eigenvalue weighted by Gasteiger charge is 1.95. The standard InChI is InChI=1S/C12H10N2S/c1-2-10-4-3-5-11(6-10)14-8-12-7-13-9-15-12/h1,3-7,9,14H,8H2. The number of hydrogen-bond donors (Lipinski definition) is 1. The first kappa shape index (κ1) is 9.75. The molecular weight excluding hydrogens is 204 g/mol. The van der Waals surface area contributed by atoms with Gasteiger partial charge in [-0.2, -0.15) is 0 Å². The highest BCUT2D eigenvalue weighted by molar-refractivity contribution is 7.09. The lowest BCUT2D eigenvalue weighted by molar-refractivity contribution is 1.17. The molecular formula is C12H10N2S. The Balaban J connectivity index is 2.02. The Morgan fingerprint density at radius 3 is 3.13 bits per heavy atom. The van der Waals surface area contributed by atoms with E-state index in [0.29, 0.717) is 0 Å². The van der Waals surface area contributed by atoms with Crippen LogP contribution < -0.4 is 5.32 Å². The van der Waals surface area contributed by atoms with Gasteiger partial charge in [-0.25, -0.2) is 0 Å². The van der Waals surface area contributed by atoms with E-state index in [2.05, 4.69) is 16.2 Å². The molecule has 0 spiro atoms. The van der Waals surface area contributed by atoms with E-state index < -0.39 is 0 Å². The van der Waals surface area contributed by atoms with Crippen molar-refractivity contribution in [2.24, 2.45) is 0 Å². The first-order chi connectivity index (χ1) is 7.38. The number of hydrogen-bond acceptors (Lipinski definition) is 3. The normalized spacial score (nSPS) is 9.53. The maximum absolute atomic E-state index is 5.32. The summed E-state index contributed by atoms with van der Waals surface area (Å²) in [7, 11) is 0. The summed E-state index contributed by atoms with van der Waals surface area (Å²) in [5, 5.41) is 3.30. The third kappa shape index (κ3) is 2.58. The fourth-order valence-electron chi connectivity index (χ4n) is 1.24. The number of anilines is 1. The van der Waals surface area contributed by atoms with Crippen molar-refractivity contribution in [2.75, 3.05) is 5.32 Å². The first-order valence-electron chi connectivity index (χ1n) is 4.56. The van der Waals surface area contributed by atoms with E-state index in [9.17, 15) is 0 Å². The molecule has 0 bridgehead atoms. The zero-order valence-corrected chi connectivity index (χ0v) is 8.92. The Labute approximate surface area is 93.0 Å². The molecule has 15 heavy (non-hydrogen) atoms. The smallest absolute Gasteiger partial charge is 0.0794 e. The van der Waals surface area contributed by atoms with E-state index >= 15 is 0 Å². The predicted octanol–water partition coefficient (Wildman–Crippen LogP) is 2.74. The van der Waals surface area contributed by atoms with Gasteiger partial charge >= 0.3 is 0 Å². The number of nitrogens with one attached hydrogen (secondary N) is 1. The molecule has 0 aliphatic carbocycles. The van der Waals surface area contributed by atoms with Crippen molar-refractivity contribution in [3.63, 3.8) is 0 Å². The first-order valence-corrected chi connectivity index (χ1v) is 5.44. The lowest BCUT2D eigenvalue weighted by Crippen LogP contribution is -1.97. The van der Waals surface area contributed by atoms with Crippen molar-refractivity contribution >= 4 is 17.0 Å². The topological polar surface area (TPSA) is 24.9 Å². The van der Waals surface area contributed by atoms with Gasteiger partial charge in [0.2, 0.25) is 0 Å². The molecule has 1 N–H and O–H groups in total. The third-order valence-electron chi connectivity index (χ3n) is 1.98. The maximum atomic E-state index is 5.32. The quantitative estimate of drug-likeness (QED) is 0.795. The summed E-state index contributed by atoms with van der Waals surface area (Å²) in [4.78, 5) is 5.22. The summed E-state index contributed by atoms with van der Waals surface area (Å²) in [5.41, 5.74) is 3.76. The van der Waals surface area contributed by atoms with E-state index in [4.69, 9.17) is 6.42 Å². The number of terminal acetylenes is 1. The minimum atomic E-state index is 0.790. The average molecular weight is 214 g/mol. The molecule has 0 saturated carbocycles. The van der Waals surface area contributed by atoms with Crippen molar-refractivity contribution < 1.29 is 0 Å². The second-order valence-electron chi connectivity index (χ2n) is 3.05. The molecule has 0 aliphatic heterocycles. The van der Waals surface area contributed by atoms with Crippen molar-refractivity contribution in [1.29, 1.82) is 0 Å². The number of benzene rings is 1. The number of aromatic nitrogens is 1.